The smallest absolute Gasteiger partial charge is 0.164 e. The van der Waals surface area contributed by atoms with Gasteiger partial charge in [-0.1, -0.05) is 140 Å². The summed E-state index contributed by atoms with van der Waals surface area (Å²) >= 11 is 0. The van der Waals surface area contributed by atoms with Crippen LogP contribution in [0.5, 0.6) is 0 Å². The molecule has 350 valence electrons. The Hall–Kier alpha value is -10.2. The number of pyridine rings is 1. The van der Waals surface area contributed by atoms with E-state index in [-0.39, 0.29) is 0 Å². The van der Waals surface area contributed by atoms with Gasteiger partial charge in [0.1, 0.15) is 0 Å². The quantitative estimate of drug-likeness (QED) is 0.152. The summed E-state index contributed by atoms with van der Waals surface area (Å²) in [6.45, 7) is 0. The fourth-order valence-electron chi connectivity index (χ4n) is 11.3. The molecule has 7 nitrogen and oxygen atoms in total. The molecule has 0 saturated carbocycles. The Bertz CT molecular complexity index is 4420. The highest BCUT2D eigenvalue weighted by molar-refractivity contribution is 6.14. The van der Waals surface area contributed by atoms with Crippen molar-refractivity contribution in [3.8, 4) is 73.5 Å². The van der Waals surface area contributed by atoms with E-state index in [9.17, 15) is 0 Å². The van der Waals surface area contributed by atoms with Gasteiger partial charge >= 0.3 is 0 Å². The van der Waals surface area contributed by atoms with Gasteiger partial charge in [0.15, 0.2) is 17.5 Å². The molecular formula is C68H43N7. The Morgan fingerprint density at radius 1 is 0.213 bits per heavy atom. The molecule has 0 radical (unpaired) electrons. The molecule has 5 heterocycles. The molecule has 10 aromatic carbocycles. The molecule has 0 bridgehead atoms. The van der Waals surface area contributed by atoms with Crippen LogP contribution in [0, 0.1) is 0 Å². The Balaban J connectivity index is 0.922. The van der Waals surface area contributed by atoms with Gasteiger partial charge in [-0.2, -0.15) is 0 Å². The maximum Gasteiger partial charge on any atom is 0.164 e. The van der Waals surface area contributed by atoms with Crippen molar-refractivity contribution >= 4 is 65.4 Å². The third-order valence-electron chi connectivity index (χ3n) is 14.8. The van der Waals surface area contributed by atoms with Gasteiger partial charge in [0.05, 0.1) is 33.1 Å². The van der Waals surface area contributed by atoms with Crippen LogP contribution in [-0.4, -0.2) is 33.6 Å². The Morgan fingerprint density at radius 2 is 0.547 bits per heavy atom. The fourth-order valence-corrected chi connectivity index (χ4v) is 11.3. The minimum Gasteiger partial charge on any atom is -0.309 e. The van der Waals surface area contributed by atoms with Crippen molar-refractivity contribution in [2.75, 3.05) is 0 Å². The van der Waals surface area contributed by atoms with E-state index in [1.165, 1.54) is 43.6 Å². The SMILES string of the molecule is c1ccc(-c2nc(-c3ccncc3)nc(-c3cccc(-n4c5ccc(-c6ccc7c(c6)c6ccccc6n7-c6ccccc6)cc5c5cc(-c6ccc7c(c6)c6ccccc6n7-c6ccccc6)ccc54)c3)n2)cc1. The molecule has 7 heteroatoms. The van der Waals surface area contributed by atoms with Crippen molar-refractivity contribution < 1.29 is 0 Å². The number of fused-ring (bicyclic) bond motifs is 9. The third kappa shape index (κ3) is 7.05. The fraction of sp³-hybridized carbons (Fsp3) is 0. The molecule has 0 aliphatic carbocycles. The summed E-state index contributed by atoms with van der Waals surface area (Å²) < 4.78 is 7.13. The summed E-state index contributed by atoms with van der Waals surface area (Å²) in [5, 5.41) is 7.22. The van der Waals surface area contributed by atoms with E-state index in [4.69, 9.17) is 15.0 Å². The summed E-state index contributed by atoms with van der Waals surface area (Å²) in [4.78, 5) is 19.4. The van der Waals surface area contributed by atoms with E-state index in [1.54, 1.807) is 12.4 Å². The highest BCUT2D eigenvalue weighted by Crippen LogP contribution is 2.41. The number of hydrogen-bond donors (Lipinski definition) is 0. The number of aromatic nitrogens is 7. The predicted octanol–water partition coefficient (Wildman–Crippen LogP) is 16.9. The van der Waals surface area contributed by atoms with E-state index in [2.05, 4.69) is 225 Å². The Labute approximate surface area is 431 Å². The molecule has 75 heavy (non-hydrogen) atoms. The normalized spacial score (nSPS) is 11.7. The van der Waals surface area contributed by atoms with Crippen molar-refractivity contribution in [2.24, 2.45) is 0 Å². The average molecular weight is 958 g/mol. The minimum absolute atomic E-state index is 0.592. The lowest BCUT2D eigenvalue weighted by molar-refractivity contribution is 1.07. The highest BCUT2D eigenvalue weighted by atomic mass is 15.0. The first-order valence-corrected chi connectivity index (χ1v) is 25.3. The predicted molar refractivity (Wildman–Crippen MR) is 308 cm³/mol. The Morgan fingerprint density at radius 3 is 1.01 bits per heavy atom. The van der Waals surface area contributed by atoms with Crippen molar-refractivity contribution in [1.82, 2.24) is 33.6 Å². The second kappa shape index (κ2) is 17.2. The highest BCUT2D eigenvalue weighted by Gasteiger charge is 2.20. The summed E-state index contributed by atoms with van der Waals surface area (Å²) in [7, 11) is 0. The average Bonchev–Trinajstić information content (AvgIpc) is 4.20. The van der Waals surface area contributed by atoms with Crippen LogP contribution in [-0.2, 0) is 0 Å². The lowest BCUT2D eigenvalue weighted by Gasteiger charge is -2.12. The van der Waals surface area contributed by atoms with E-state index in [0.717, 1.165) is 77.8 Å². The molecule has 5 aromatic heterocycles. The van der Waals surface area contributed by atoms with Gasteiger partial charge in [0.25, 0.3) is 0 Å². The maximum absolute atomic E-state index is 5.11. The topological polar surface area (TPSA) is 66.3 Å². The standard InChI is InChI=1S/C68H43N7/c1-4-15-44(16-5-1)66-70-67(45-35-37-69-38-36-45)72-68(71-66)50-17-14-22-53(39-50)75-64-33-29-48(46-27-31-62-56(40-46)54-23-10-12-25-60(54)73(62)51-18-6-2-7-19-51)42-58(64)59-43-49(30-34-65(59)75)47-28-32-63-57(41-47)55-24-11-13-26-61(55)74(63)52-20-8-3-9-21-52/h1-43H. The second-order valence-electron chi connectivity index (χ2n) is 19.1. The minimum atomic E-state index is 0.592. The van der Waals surface area contributed by atoms with Crippen LogP contribution in [0.2, 0.25) is 0 Å². The molecular weight excluding hydrogens is 915 g/mol. The van der Waals surface area contributed by atoms with Gasteiger partial charge in [0, 0.05) is 78.5 Å². The van der Waals surface area contributed by atoms with E-state index < -0.39 is 0 Å². The molecule has 0 amide bonds. The van der Waals surface area contributed by atoms with Gasteiger partial charge in [-0.25, -0.2) is 15.0 Å². The number of para-hydroxylation sites is 4. The zero-order chi connectivity index (χ0) is 49.4. The van der Waals surface area contributed by atoms with E-state index >= 15 is 0 Å². The molecule has 0 N–H and O–H groups in total. The number of nitrogens with zero attached hydrogens (tertiary/aromatic N) is 7. The van der Waals surface area contributed by atoms with Crippen LogP contribution in [0.1, 0.15) is 0 Å². The molecule has 0 spiro atoms. The first-order valence-electron chi connectivity index (χ1n) is 25.3. The molecule has 15 aromatic rings. The molecule has 0 fully saturated rings. The van der Waals surface area contributed by atoms with Gasteiger partial charge in [0.2, 0.25) is 0 Å². The van der Waals surface area contributed by atoms with Crippen LogP contribution >= 0.6 is 0 Å². The lowest BCUT2D eigenvalue weighted by Crippen LogP contribution is -2.01. The van der Waals surface area contributed by atoms with Crippen LogP contribution in [0.25, 0.3) is 139 Å². The molecule has 0 unspecified atom stereocenters. The van der Waals surface area contributed by atoms with Crippen molar-refractivity contribution in [3.63, 3.8) is 0 Å². The molecule has 0 aliphatic rings. The van der Waals surface area contributed by atoms with Gasteiger partial charge < -0.3 is 13.7 Å². The second-order valence-corrected chi connectivity index (χ2v) is 19.1. The van der Waals surface area contributed by atoms with Gasteiger partial charge in [-0.05, 0) is 131 Å². The molecule has 0 aliphatic heterocycles. The van der Waals surface area contributed by atoms with E-state index in [1.807, 2.05) is 42.5 Å². The molecule has 0 atom stereocenters. The zero-order valence-corrected chi connectivity index (χ0v) is 40.5. The maximum atomic E-state index is 5.11. The summed E-state index contributed by atoms with van der Waals surface area (Å²) in [5.74, 6) is 1.80. The lowest BCUT2D eigenvalue weighted by atomic mass is 9.98. The summed E-state index contributed by atoms with van der Waals surface area (Å²) in [6, 6.07) is 89.0. The summed E-state index contributed by atoms with van der Waals surface area (Å²) in [5.41, 5.74) is 17.5. The van der Waals surface area contributed by atoms with Crippen molar-refractivity contribution in [1.29, 1.82) is 0 Å². The largest absolute Gasteiger partial charge is 0.309 e. The van der Waals surface area contributed by atoms with Crippen LogP contribution in [0.4, 0.5) is 0 Å². The number of benzene rings is 10. The summed E-state index contributed by atoms with van der Waals surface area (Å²) in [6.07, 6.45) is 3.54. The van der Waals surface area contributed by atoms with Gasteiger partial charge in [-0.3, -0.25) is 4.98 Å². The van der Waals surface area contributed by atoms with Gasteiger partial charge in [-0.15, -0.1) is 0 Å². The van der Waals surface area contributed by atoms with Crippen LogP contribution in [0.3, 0.4) is 0 Å². The first kappa shape index (κ1) is 42.4. The molecule has 0 saturated heterocycles. The van der Waals surface area contributed by atoms with E-state index in [0.29, 0.717) is 17.5 Å². The van der Waals surface area contributed by atoms with Crippen molar-refractivity contribution in [3.05, 3.63) is 261 Å². The Kier molecular flexibility index (Phi) is 9.75. The molecule has 15 rings (SSSR count). The number of rotatable bonds is 8. The van der Waals surface area contributed by atoms with Crippen LogP contribution < -0.4 is 0 Å². The van der Waals surface area contributed by atoms with Crippen molar-refractivity contribution in [2.45, 2.75) is 0 Å². The number of hydrogen-bond acceptors (Lipinski definition) is 4. The zero-order valence-electron chi connectivity index (χ0n) is 40.5. The monoisotopic (exact) mass is 957 g/mol. The van der Waals surface area contributed by atoms with Crippen LogP contribution in [0.15, 0.2) is 261 Å². The third-order valence-corrected chi connectivity index (χ3v) is 14.8. The first-order chi connectivity index (χ1) is 37.2.